The van der Waals surface area contributed by atoms with Crippen LogP contribution in [0.5, 0.6) is 0 Å². The van der Waals surface area contributed by atoms with Crippen molar-refractivity contribution in [1.82, 2.24) is 0 Å². The minimum atomic E-state index is 0. The molecule has 0 rings (SSSR count). The van der Waals surface area contributed by atoms with Crippen molar-refractivity contribution in [3.8, 4) is 0 Å². The molecule has 0 amide bonds. The fourth-order valence-electron chi connectivity index (χ4n) is 2.48. The van der Waals surface area contributed by atoms with E-state index in [1.54, 1.807) is 0 Å². The Morgan fingerprint density at radius 3 is 0.886 bits per heavy atom. The van der Waals surface area contributed by atoms with Crippen molar-refractivity contribution in [2.45, 2.75) is 146 Å². The first-order valence-corrected chi connectivity index (χ1v) is 12.8. The molecule has 0 aliphatic rings. The topological polar surface area (TPSA) is 90.5 Å². The SMILES string of the molecule is CC[N-]C([N-]C(C)(C)CC)C(C)(C)CC.CC[N-]C([N-]C(C)(C)CC)C(C)(C)CC.[CH-]=O.[CH-]=O.[Ru+6]. The molecule has 0 aromatic heterocycles. The summed E-state index contributed by atoms with van der Waals surface area (Å²) in [6.07, 6.45) is 4.66. The Labute approximate surface area is 233 Å². The quantitative estimate of drug-likeness (QED) is 0.116. The van der Waals surface area contributed by atoms with Crippen LogP contribution in [-0.2, 0) is 29.1 Å². The van der Waals surface area contributed by atoms with Gasteiger partial charge in [0.2, 0.25) is 0 Å². The van der Waals surface area contributed by atoms with E-state index in [4.69, 9.17) is 20.2 Å². The summed E-state index contributed by atoms with van der Waals surface area (Å²) in [6, 6.07) is 0. The van der Waals surface area contributed by atoms with E-state index in [0.29, 0.717) is 0 Å². The third-order valence-electron chi connectivity index (χ3n) is 6.61. The summed E-state index contributed by atoms with van der Waals surface area (Å²) in [5.41, 5.74) is 0.469. The average molecular weight is 584 g/mol. The van der Waals surface area contributed by atoms with Gasteiger partial charge in [-0.05, 0) is 0 Å². The van der Waals surface area contributed by atoms with Crippen LogP contribution >= 0.6 is 0 Å². The zero-order valence-corrected chi connectivity index (χ0v) is 27.2. The number of hydrogen-bond donors (Lipinski definition) is 0. The molecule has 0 N–H and O–H groups in total. The molecule has 0 aromatic carbocycles. The van der Waals surface area contributed by atoms with Gasteiger partial charge in [-0.15, -0.1) is 11.1 Å². The molecular weight excluding hydrogens is 525 g/mol. The fourth-order valence-corrected chi connectivity index (χ4v) is 2.48. The second-order valence-electron chi connectivity index (χ2n) is 11.0. The molecule has 0 fully saturated rings. The maximum atomic E-state index is 7.75. The molecule has 0 saturated heterocycles. The van der Waals surface area contributed by atoms with Crippen LogP contribution in [0.4, 0.5) is 0 Å². The van der Waals surface area contributed by atoms with Gasteiger partial charge in [-0.2, -0.15) is 13.1 Å². The average Bonchev–Trinajstić information content (AvgIpc) is 2.81. The maximum absolute atomic E-state index is 7.75. The van der Waals surface area contributed by atoms with Crippen LogP contribution in [0.3, 0.4) is 0 Å². The summed E-state index contributed by atoms with van der Waals surface area (Å²) in [6.45, 7) is 39.0. The van der Waals surface area contributed by atoms with Gasteiger partial charge in [-0.3, -0.25) is 13.6 Å². The zero-order chi connectivity index (χ0) is 28.2. The Kier molecular flexibility index (Phi) is 29.4. The smallest absolute Gasteiger partial charge is 0.678 e. The van der Waals surface area contributed by atoms with E-state index < -0.39 is 0 Å². The van der Waals surface area contributed by atoms with Gasteiger partial charge in [0.1, 0.15) is 0 Å². The second kappa shape index (κ2) is 23.0. The summed E-state index contributed by atoms with van der Waals surface area (Å²) < 4.78 is 0. The van der Waals surface area contributed by atoms with E-state index in [1.807, 2.05) is 0 Å². The van der Waals surface area contributed by atoms with Crippen LogP contribution in [0, 0.1) is 10.8 Å². The van der Waals surface area contributed by atoms with Crippen LogP contribution in [-0.4, -0.2) is 50.1 Å². The van der Waals surface area contributed by atoms with Gasteiger partial charge in [0.25, 0.3) is 0 Å². The first kappa shape index (κ1) is 44.8. The Balaban J connectivity index is -0.000000146. The first-order valence-electron chi connectivity index (χ1n) is 12.8. The number of rotatable bonds is 14. The molecule has 2 atom stereocenters. The Hall–Kier alpha value is -0.197. The predicted octanol–water partition coefficient (Wildman–Crippen LogP) is 8.86. The molecule has 0 radical (unpaired) electrons. The number of nitrogens with zero attached hydrogens (tertiary/aromatic N) is 4. The van der Waals surface area contributed by atoms with Gasteiger partial charge < -0.3 is 30.9 Å². The van der Waals surface area contributed by atoms with Crippen molar-refractivity contribution in [2.24, 2.45) is 10.8 Å². The zero-order valence-electron chi connectivity index (χ0n) is 25.5. The van der Waals surface area contributed by atoms with Crippen LogP contribution in [0.25, 0.3) is 21.3 Å². The van der Waals surface area contributed by atoms with E-state index in [2.05, 4.69) is 121 Å². The summed E-state index contributed by atoms with van der Waals surface area (Å²) in [7, 11) is 0. The third-order valence-corrected chi connectivity index (χ3v) is 6.61. The van der Waals surface area contributed by atoms with Crippen molar-refractivity contribution in [2.75, 3.05) is 13.1 Å². The normalized spacial score (nSPS) is 13.4. The first-order chi connectivity index (χ1) is 15.6. The molecular formula is C28H58N4O2Ru. The summed E-state index contributed by atoms with van der Waals surface area (Å²) in [5.74, 6) is 0. The van der Waals surface area contributed by atoms with Crippen LogP contribution in [0.15, 0.2) is 0 Å². The van der Waals surface area contributed by atoms with Gasteiger partial charge in [0.05, 0.1) is 0 Å². The van der Waals surface area contributed by atoms with Crippen LogP contribution < -0.4 is 0 Å². The molecule has 0 bridgehead atoms. The molecule has 35 heavy (non-hydrogen) atoms. The summed E-state index contributed by atoms with van der Waals surface area (Å²) in [5, 5.41) is 19.1. The number of carbonyl (C=O) groups excluding carboxylic acids is 2. The van der Waals surface area contributed by atoms with Crippen LogP contribution in [0.2, 0.25) is 0 Å². The summed E-state index contributed by atoms with van der Waals surface area (Å²) in [4.78, 5) is 15.5. The van der Waals surface area contributed by atoms with Gasteiger partial charge in [0.15, 0.2) is 0 Å². The van der Waals surface area contributed by atoms with E-state index in [1.165, 1.54) is 0 Å². The van der Waals surface area contributed by atoms with Gasteiger partial charge in [-0.1, -0.05) is 133 Å². The molecule has 0 heterocycles. The van der Waals surface area contributed by atoms with Crippen molar-refractivity contribution < 1.29 is 29.1 Å². The molecule has 0 aliphatic heterocycles. The van der Waals surface area contributed by atoms with Crippen molar-refractivity contribution in [3.63, 3.8) is 0 Å². The standard InChI is InChI=1S/2C13H28N2.2CHO.Ru/c2*1-8-12(4,5)11(14-10-3)15-13(6,7)9-2;2*1-2;/h2*11H,8-10H2,1-7H3;2*1H;/q2*-2;2*-1;+6. The van der Waals surface area contributed by atoms with Crippen molar-refractivity contribution in [3.05, 3.63) is 21.3 Å². The molecule has 0 saturated carbocycles. The van der Waals surface area contributed by atoms with E-state index in [9.17, 15) is 0 Å². The Morgan fingerprint density at radius 1 is 0.514 bits per heavy atom. The Morgan fingerprint density at radius 2 is 0.743 bits per heavy atom. The summed E-state index contributed by atoms with van der Waals surface area (Å²) >= 11 is 0. The van der Waals surface area contributed by atoms with Crippen molar-refractivity contribution in [1.29, 1.82) is 0 Å². The molecule has 6 nitrogen and oxygen atoms in total. The van der Waals surface area contributed by atoms with Gasteiger partial charge in [-0.25, -0.2) is 12.3 Å². The van der Waals surface area contributed by atoms with Gasteiger partial charge in [0, 0.05) is 0 Å². The largest absolute Gasteiger partial charge is 6.00 e. The molecule has 210 valence electrons. The van der Waals surface area contributed by atoms with Crippen LogP contribution in [0.1, 0.15) is 123 Å². The van der Waals surface area contributed by atoms with E-state index in [0.717, 1.165) is 38.8 Å². The molecule has 0 aliphatic carbocycles. The Bertz CT molecular complexity index is 430. The minimum Gasteiger partial charge on any atom is -0.678 e. The maximum Gasteiger partial charge on any atom is 6.00 e. The van der Waals surface area contributed by atoms with Gasteiger partial charge >= 0.3 is 19.5 Å². The molecule has 0 spiro atoms. The fraction of sp³-hybridized carbons (Fsp3) is 0.929. The third kappa shape index (κ3) is 21.6. The van der Waals surface area contributed by atoms with E-state index in [-0.39, 0.29) is 53.7 Å². The van der Waals surface area contributed by atoms with E-state index >= 15 is 0 Å². The number of hydrogen-bond acceptors (Lipinski definition) is 2. The second-order valence-corrected chi connectivity index (χ2v) is 11.0. The predicted molar refractivity (Wildman–Crippen MR) is 152 cm³/mol. The molecule has 2 unspecified atom stereocenters. The molecule has 7 heteroatoms. The van der Waals surface area contributed by atoms with Crippen molar-refractivity contribution >= 4 is 13.6 Å². The molecule has 0 aromatic rings. The minimum absolute atomic E-state index is 0. The monoisotopic (exact) mass is 584 g/mol.